The van der Waals surface area contributed by atoms with Gasteiger partial charge in [-0.15, -0.1) is 0 Å². The molecule has 0 bridgehead atoms. The number of H-pyrrole nitrogens is 1. The Hall–Kier alpha value is -2.27. The lowest BCUT2D eigenvalue weighted by Gasteiger charge is -2.15. The number of carboxylic acids is 1. The fraction of sp³-hybridized carbons (Fsp3) is 0.500. The zero-order valence-electron chi connectivity index (χ0n) is 10.5. The molecule has 1 rings (SSSR count). The molecule has 0 saturated carbocycles. The van der Waals surface area contributed by atoms with Gasteiger partial charge in [0.05, 0.1) is 6.20 Å². The number of amides is 1. The van der Waals surface area contributed by atoms with Crippen LogP contribution in [0.1, 0.15) is 17.7 Å². The summed E-state index contributed by atoms with van der Waals surface area (Å²) < 4.78 is 73.7. The van der Waals surface area contributed by atoms with Crippen molar-refractivity contribution in [2.45, 2.75) is 31.2 Å². The zero-order chi connectivity index (χ0) is 17.1. The summed E-state index contributed by atoms with van der Waals surface area (Å²) in [5.41, 5.74) is -1.64. The minimum Gasteiger partial charge on any atom is -0.480 e. The van der Waals surface area contributed by atoms with Crippen molar-refractivity contribution in [1.82, 2.24) is 15.5 Å². The van der Waals surface area contributed by atoms with Crippen LogP contribution < -0.4 is 5.32 Å². The molecular weight excluding hydrogens is 324 g/mol. The van der Waals surface area contributed by atoms with Crippen LogP contribution in [0.5, 0.6) is 0 Å². The third-order valence-electron chi connectivity index (χ3n) is 2.56. The summed E-state index contributed by atoms with van der Waals surface area (Å²) in [7, 11) is 0. The first-order valence-corrected chi connectivity index (χ1v) is 5.63. The Balaban J connectivity index is 2.77. The van der Waals surface area contributed by atoms with Crippen molar-refractivity contribution in [2.24, 2.45) is 0 Å². The van der Waals surface area contributed by atoms with Gasteiger partial charge in [-0.2, -0.15) is 31.4 Å². The smallest absolute Gasteiger partial charge is 0.471 e. The lowest BCUT2D eigenvalue weighted by atomic mass is 10.1. The number of carbonyl (C=O) groups excluding carboxylic acids is 1. The van der Waals surface area contributed by atoms with E-state index in [2.05, 4.69) is 5.10 Å². The maximum Gasteiger partial charge on any atom is 0.471 e. The number of hydrogen-bond acceptors (Lipinski definition) is 3. The van der Waals surface area contributed by atoms with Gasteiger partial charge >= 0.3 is 24.2 Å². The van der Waals surface area contributed by atoms with Crippen LogP contribution in [0.4, 0.5) is 26.3 Å². The molecule has 0 aromatic carbocycles. The molecule has 12 heteroatoms. The number of alkyl halides is 6. The van der Waals surface area contributed by atoms with Crippen LogP contribution in [-0.2, 0) is 22.2 Å². The fourth-order valence-corrected chi connectivity index (χ4v) is 1.54. The molecule has 1 amide bonds. The van der Waals surface area contributed by atoms with E-state index in [-0.39, 0.29) is 0 Å². The second kappa shape index (κ2) is 6.23. The van der Waals surface area contributed by atoms with Gasteiger partial charge in [0.25, 0.3) is 0 Å². The van der Waals surface area contributed by atoms with E-state index in [0.29, 0.717) is 0 Å². The van der Waals surface area contributed by atoms with Crippen LogP contribution in [0, 0.1) is 0 Å². The number of aryl methyl sites for hydroxylation is 1. The molecule has 0 fully saturated rings. The molecule has 3 N–H and O–H groups in total. The predicted octanol–water partition coefficient (Wildman–Crippen LogP) is 1.49. The minimum absolute atomic E-state index is 0.417. The number of rotatable bonds is 5. The van der Waals surface area contributed by atoms with E-state index in [0.717, 1.165) is 6.20 Å². The topological polar surface area (TPSA) is 95.1 Å². The number of hydrogen-bond donors (Lipinski definition) is 3. The number of aliphatic carboxylic acids is 1. The molecular formula is C10H9F6N3O3. The Morgan fingerprint density at radius 1 is 1.27 bits per heavy atom. The number of nitrogens with zero attached hydrogens (tertiary/aromatic N) is 1. The Bertz CT molecular complexity index is 551. The summed E-state index contributed by atoms with van der Waals surface area (Å²) >= 11 is 0. The number of carboxylic acid groups (broad SMARTS) is 1. The van der Waals surface area contributed by atoms with E-state index in [1.54, 1.807) is 5.10 Å². The molecule has 1 atom stereocenters. The lowest BCUT2D eigenvalue weighted by Crippen LogP contribution is -2.47. The Kier molecular flexibility index (Phi) is 5.04. The molecule has 0 aliphatic rings. The summed E-state index contributed by atoms with van der Waals surface area (Å²) in [6, 6.07) is -1.98. The number of halogens is 6. The highest BCUT2D eigenvalue weighted by Gasteiger charge is 2.41. The van der Waals surface area contributed by atoms with Crippen LogP contribution in [-0.4, -0.2) is 39.4 Å². The van der Waals surface area contributed by atoms with E-state index in [4.69, 9.17) is 5.11 Å². The molecule has 6 nitrogen and oxygen atoms in total. The second-order valence-corrected chi connectivity index (χ2v) is 4.17. The van der Waals surface area contributed by atoms with E-state index < -0.39 is 54.4 Å². The van der Waals surface area contributed by atoms with E-state index in [1.165, 1.54) is 5.32 Å². The van der Waals surface area contributed by atoms with Gasteiger partial charge in [0, 0.05) is 5.56 Å². The molecule has 0 saturated heterocycles. The molecule has 1 unspecified atom stereocenters. The van der Waals surface area contributed by atoms with Crippen LogP contribution in [0.2, 0.25) is 0 Å². The summed E-state index contributed by atoms with van der Waals surface area (Å²) in [5.74, 6) is -4.28. The molecule has 1 aromatic heterocycles. The van der Waals surface area contributed by atoms with Crippen molar-refractivity contribution in [3.05, 3.63) is 17.5 Å². The highest BCUT2D eigenvalue weighted by molar-refractivity contribution is 5.86. The van der Waals surface area contributed by atoms with E-state index in [1.807, 2.05) is 0 Å². The van der Waals surface area contributed by atoms with Crippen molar-refractivity contribution < 1.29 is 41.0 Å². The molecule has 1 aromatic rings. The first-order valence-electron chi connectivity index (χ1n) is 5.63. The highest BCUT2D eigenvalue weighted by atomic mass is 19.4. The van der Waals surface area contributed by atoms with Crippen LogP contribution in [0.25, 0.3) is 0 Å². The predicted molar refractivity (Wildman–Crippen MR) is 57.5 cm³/mol. The highest BCUT2D eigenvalue weighted by Crippen LogP contribution is 2.30. The summed E-state index contributed by atoms with van der Waals surface area (Å²) in [6.07, 6.45) is -10.5. The van der Waals surface area contributed by atoms with E-state index in [9.17, 15) is 35.9 Å². The molecule has 1 heterocycles. The van der Waals surface area contributed by atoms with Crippen molar-refractivity contribution in [3.63, 3.8) is 0 Å². The average molecular weight is 333 g/mol. The lowest BCUT2D eigenvalue weighted by molar-refractivity contribution is -0.175. The Morgan fingerprint density at radius 2 is 1.86 bits per heavy atom. The van der Waals surface area contributed by atoms with Crippen LogP contribution in [0.3, 0.4) is 0 Å². The van der Waals surface area contributed by atoms with Gasteiger partial charge < -0.3 is 10.4 Å². The van der Waals surface area contributed by atoms with Crippen molar-refractivity contribution >= 4 is 11.9 Å². The van der Waals surface area contributed by atoms with Crippen molar-refractivity contribution in [1.29, 1.82) is 0 Å². The molecule has 0 aliphatic heterocycles. The van der Waals surface area contributed by atoms with Gasteiger partial charge in [0.1, 0.15) is 11.7 Å². The summed E-state index contributed by atoms with van der Waals surface area (Å²) in [5, 5.41) is 14.7. The van der Waals surface area contributed by atoms with Crippen LogP contribution >= 0.6 is 0 Å². The van der Waals surface area contributed by atoms with Gasteiger partial charge in [-0.05, 0) is 12.8 Å². The van der Waals surface area contributed by atoms with Gasteiger partial charge in [0.2, 0.25) is 0 Å². The summed E-state index contributed by atoms with van der Waals surface area (Å²) in [4.78, 5) is 21.4. The number of carbonyl (C=O) groups is 2. The van der Waals surface area contributed by atoms with Crippen LogP contribution in [0.15, 0.2) is 6.20 Å². The molecule has 0 aliphatic carbocycles. The Labute approximate surface area is 118 Å². The largest absolute Gasteiger partial charge is 0.480 e. The third kappa shape index (κ3) is 4.63. The first kappa shape index (κ1) is 17.8. The SMILES string of the molecule is O=C(O)C(CCc1cn[nH]c1C(F)(F)F)NC(=O)C(F)(F)F. The second-order valence-electron chi connectivity index (χ2n) is 4.17. The van der Waals surface area contributed by atoms with Crippen molar-refractivity contribution in [3.8, 4) is 0 Å². The average Bonchev–Trinajstić information content (AvgIpc) is 2.80. The van der Waals surface area contributed by atoms with E-state index >= 15 is 0 Å². The Morgan fingerprint density at radius 3 is 2.32 bits per heavy atom. The number of aromatic nitrogens is 2. The summed E-state index contributed by atoms with van der Waals surface area (Å²) in [6.45, 7) is 0. The molecule has 0 radical (unpaired) electrons. The molecule has 0 spiro atoms. The standard InChI is InChI=1S/C10H9F6N3O3/c11-9(12,13)6-4(3-17-19-6)1-2-5(7(20)21)18-8(22)10(14,15)16/h3,5H,1-2H2,(H,17,19)(H,18,22)(H,20,21). The van der Waals surface area contributed by atoms with Gasteiger partial charge in [-0.3, -0.25) is 9.89 Å². The van der Waals surface area contributed by atoms with Gasteiger partial charge in [-0.25, -0.2) is 4.79 Å². The quantitative estimate of drug-likeness (QED) is 0.712. The van der Waals surface area contributed by atoms with Gasteiger partial charge in [0.15, 0.2) is 0 Å². The monoisotopic (exact) mass is 333 g/mol. The third-order valence-corrected chi connectivity index (χ3v) is 2.56. The molecule has 22 heavy (non-hydrogen) atoms. The molecule has 124 valence electrons. The zero-order valence-corrected chi connectivity index (χ0v) is 10.5. The first-order chi connectivity index (χ1) is 9.93. The minimum atomic E-state index is -5.29. The normalized spacial score (nSPS) is 13.7. The fourth-order valence-electron chi connectivity index (χ4n) is 1.54. The number of aromatic amines is 1. The number of nitrogens with one attached hydrogen (secondary N) is 2. The maximum atomic E-state index is 12.5. The van der Waals surface area contributed by atoms with Gasteiger partial charge in [-0.1, -0.05) is 0 Å². The van der Waals surface area contributed by atoms with Crippen molar-refractivity contribution in [2.75, 3.05) is 0 Å². The maximum absolute atomic E-state index is 12.5.